The first-order valence-electron chi connectivity index (χ1n) is 23.3. The second kappa shape index (κ2) is 25.9. The number of esters is 4. The van der Waals surface area contributed by atoms with Crippen LogP contribution in [0.3, 0.4) is 0 Å². The first kappa shape index (κ1) is 49.1. The third-order valence-electron chi connectivity index (χ3n) is 11.4. The lowest BCUT2D eigenvalue weighted by molar-refractivity contribution is 0.0709. The molecule has 0 fully saturated rings. The van der Waals surface area contributed by atoms with E-state index in [1.807, 2.05) is 18.2 Å². The molecular weight excluding hydrogens is 846 g/mol. The molecular formula is C57H56FNO8. The lowest BCUT2D eigenvalue weighted by Crippen LogP contribution is -2.13. The molecule has 6 aromatic carbocycles. The standard InChI is InChI=1S/C57H56FNO8/c1-2-3-4-5-6-7-8-9-10-11-12-13-14-15-17-41-20-24-43(25-21-41)44-26-28-45(29-27-44)55(61)66-51-36-37-52(53(58)39-51)57(63)67-50-19-16-18-47(38-50)56(62)65-49-34-30-46(31-35-49)54(60)64-48-32-22-42(40-59)23-33-48/h16,18-39H,2-15,17H2,1H3. The Kier molecular flexibility index (Phi) is 19.0. The fourth-order valence-electron chi connectivity index (χ4n) is 7.51. The van der Waals surface area contributed by atoms with Gasteiger partial charge in [-0.15, -0.1) is 0 Å². The number of carbonyl (C=O) groups excluding carboxylic acids is 4. The van der Waals surface area contributed by atoms with Crippen LogP contribution in [0.1, 0.15) is 149 Å². The molecule has 0 atom stereocenters. The summed E-state index contributed by atoms with van der Waals surface area (Å²) in [4.78, 5) is 51.4. The fourth-order valence-corrected chi connectivity index (χ4v) is 7.51. The lowest BCUT2D eigenvalue weighted by Gasteiger charge is -2.10. The molecule has 0 bridgehead atoms. The van der Waals surface area contributed by atoms with Crippen molar-refractivity contribution < 1.29 is 42.5 Å². The van der Waals surface area contributed by atoms with E-state index in [0.29, 0.717) is 5.56 Å². The molecule has 0 saturated heterocycles. The predicted molar refractivity (Wildman–Crippen MR) is 256 cm³/mol. The van der Waals surface area contributed by atoms with Gasteiger partial charge in [-0.25, -0.2) is 23.6 Å². The topological polar surface area (TPSA) is 129 Å². The molecule has 0 aromatic heterocycles. The Hall–Kier alpha value is -7.38. The van der Waals surface area contributed by atoms with Gasteiger partial charge < -0.3 is 18.9 Å². The number of nitriles is 1. The van der Waals surface area contributed by atoms with Crippen LogP contribution in [0.5, 0.6) is 23.0 Å². The second-order valence-electron chi connectivity index (χ2n) is 16.5. The van der Waals surface area contributed by atoms with Gasteiger partial charge in [-0.3, -0.25) is 0 Å². The van der Waals surface area contributed by atoms with Crippen LogP contribution in [-0.2, 0) is 6.42 Å². The van der Waals surface area contributed by atoms with Crippen molar-refractivity contribution in [3.63, 3.8) is 0 Å². The van der Waals surface area contributed by atoms with Crippen LogP contribution < -0.4 is 18.9 Å². The third-order valence-corrected chi connectivity index (χ3v) is 11.4. The van der Waals surface area contributed by atoms with Gasteiger partial charge in [0.15, 0.2) is 0 Å². The first-order valence-corrected chi connectivity index (χ1v) is 23.3. The van der Waals surface area contributed by atoms with Crippen LogP contribution in [0.15, 0.2) is 140 Å². The molecule has 6 aromatic rings. The zero-order chi connectivity index (χ0) is 47.2. The average molecular weight is 902 g/mol. The molecule has 0 heterocycles. The summed E-state index contributed by atoms with van der Waals surface area (Å²) in [6.07, 6.45) is 19.9. The summed E-state index contributed by atoms with van der Waals surface area (Å²) in [5.74, 6) is -3.88. The first-order chi connectivity index (χ1) is 32.7. The molecule has 0 spiro atoms. The Bertz CT molecular complexity index is 2600. The summed E-state index contributed by atoms with van der Waals surface area (Å²) in [5, 5.41) is 8.94. The maximum Gasteiger partial charge on any atom is 0.346 e. The van der Waals surface area contributed by atoms with Gasteiger partial charge in [0.25, 0.3) is 0 Å². The Morgan fingerprint density at radius 3 is 1.42 bits per heavy atom. The minimum atomic E-state index is -1.04. The van der Waals surface area contributed by atoms with Crippen molar-refractivity contribution in [3.8, 4) is 40.2 Å². The fraction of sp³-hybridized carbons (Fsp3) is 0.281. The number of halogens is 1. The summed E-state index contributed by atoms with van der Waals surface area (Å²) < 4.78 is 36.7. The van der Waals surface area contributed by atoms with E-state index in [2.05, 4.69) is 31.2 Å². The predicted octanol–water partition coefficient (Wildman–Crippen LogP) is 14.3. The van der Waals surface area contributed by atoms with Crippen LogP contribution >= 0.6 is 0 Å². The Balaban J connectivity index is 0.907. The summed E-state index contributed by atoms with van der Waals surface area (Å²) in [7, 11) is 0. The smallest absolute Gasteiger partial charge is 0.346 e. The highest BCUT2D eigenvalue weighted by Gasteiger charge is 2.19. The van der Waals surface area contributed by atoms with Crippen LogP contribution in [0.4, 0.5) is 4.39 Å². The van der Waals surface area contributed by atoms with Crippen molar-refractivity contribution >= 4 is 23.9 Å². The van der Waals surface area contributed by atoms with Crippen molar-refractivity contribution in [2.24, 2.45) is 0 Å². The summed E-state index contributed by atoms with van der Waals surface area (Å²) in [6, 6.07) is 38.2. The van der Waals surface area contributed by atoms with Crippen molar-refractivity contribution in [1.82, 2.24) is 0 Å². The van der Waals surface area contributed by atoms with Crippen LogP contribution in [0.2, 0.25) is 0 Å². The van der Waals surface area contributed by atoms with E-state index in [4.69, 9.17) is 24.2 Å². The minimum Gasteiger partial charge on any atom is -0.423 e. The monoisotopic (exact) mass is 901 g/mol. The van der Waals surface area contributed by atoms with Gasteiger partial charge in [0.05, 0.1) is 33.9 Å². The van der Waals surface area contributed by atoms with E-state index >= 15 is 4.39 Å². The molecule has 6 rings (SSSR count). The number of aryl methyl sites for hydroxylation is 1. The molecule has 0 radical (unpaired) electrons. The minimum absolute atomic E-state index is 0.0360. The van der Waals surface area contributed by atoms with Gasteiger partial charge in [0.1, 0.15) is 28.8 Å². The molecule has 0 unspecified atom stereocenters. The van der Waals surface area contributed by atoms with Crippen LogP contribution in [-0.4, -0.2) is 23.9 Å². The molecule has 0 saturated carbocycles. The molecule has 0 aliphatic carbocycles. The summed E-state index contributed by atoms with van der Waals surface area (Å²) in [6.45, 7) is 2.27. The van der Waals surface area contributed by atoms with E-state index in [-0.39, 0.29) is 39.7 Å². The number of benzene rings is 6. The molecule has 10 heteroatoms. The van der Waals surface area contributed by atoms with Gasteiger partial charge >= 0.3 is 23.9 Å². The van der Waals surface area contributed by atoms with Gasteiger partial charge in [0, 0.05) is 6.07 Å². The molecule has 344 valence electrons. The average Bonchev–Trinajstić information content (AvgIpc) is 3.35. The highest BCUT2D eigenvalue weighted by molar-refractivity contribution is 5.95. The molecule has 0 aliphatic heterocycles. The van der Waals surface area contributed by atoms with Crippen molar-refractivity contribution in [1.29, 1.82) is 5.26 Å². The number of rotatable bonds is 24. The molecule has 0 aliphatic rings. The second-order valence-corrected chi connectivity index (χ2v) is 16.5. The number of ether oxygens (including phenoxy) is 4. The lowest BCUT2D eigenvalue weighted by atomic mass is 10.00. The van der Waals surface area contributed by atoms with E-state index in [1.165, 1.54) is 174 Å². The SMILES string of the molecule is CCCCCCCCCCCCCCCCc1ccc(-c2ccc(C(=O)Oc3ccc(C(=O)Oc4cccc(C(=O)Oc5ccc(C(=O)Oc6ccc(C#N)cc6)cc5)c4)c(F)c3)cc2)cc1. The largest absolute Gasteiger partial charge is 0.423 e. The third kappa shape index (κ3) is 15.6. The van der Waals surface area contributed by atoms with Gasteiger partial charge in [0.2, 0.25) is 0 Å². The maximum absolute atomic E-state index is 15.2. The molecule has 0 N–H and O–H groups in total. The Morgan fingerprint density at radius 2 is 0.881 bits per heavy atom. The van der Waals surface area contributed by atoms with Gasteiger partial charge in [-0.1, -0.05) is 133 Å². The van der Waals surface area contributed by atoms with E-state index in [1.54, 1.807) is 12.1 Å². The van der Waals surface area contributed by atoms with E-state index in [0.717, 1.165) is 29.7 Å². The number of carbonyl (C=O) groups is 4. The van der Waals surface area contributed by atoms with Crippen LogP contribution in [0.25, 0.3) is 11.1 Å². The molecule has 67 heavy (non-hydrogen) atoms. The summed E-state index contributed by atoms with van der Waals surface area (Å²) in [5.41, 5.74) is 3.81. The van der Waals surface area contributed by atoms with Gasteiger partial charge in [-0.2, -0.15) is 5.26 Å². The zero-order valence-electron chi connectivity index (χ0n) is 38.0. The number of unbranched alkanes of at least 4 members (excludes halogenated alkanes) is 13. The maximum atomic E-state index is 15.2. The number of hydrogen-bond donors (Lipinski definition) is 0. The zero-order valence-corrected chi connectivity index (χ0v) is 38.0. The van der Waals surface area contributed by atoms with Crippen molar-refractivity contribution in [2.75, 3.05) is 0 Å². The normalized spacial score (nSPS) is 10.8. The molecule has 9 nitrogen and oxygen atoms in total. The highest BCUT2D eigenvalue weighted by Crippen LogP contribution is 2.25. The number of nitrogens with zero attached hydrogens (tertiary/aromatic N) is 1. The number of hydrogen-bond acceptors (Lipinski definition) is 9. The van der Waals surface area contributed by atoms with Crippen molar-refractivity contribution in [2.45, 2.75) is 103 Å². The highest BCUT2D eigenvalue weighted by atomic mass is 19.1. The summed E-state index contributed by atoms with van der Waals surface area (Å²) >= 11 is 0. The van der Waals surface area contributed by atoms with Crippen LogP contribution in [0, 0.1) is 17.1 Å². The Labute approximate surface area is 392 Å². The Morgan fingerprint density at radius 1 is 0.448 bits per heavy atom. The quantitative estimate of drug-likeness (QED) is 0.0331. The van der Waals surface area contributed by atoms with E-state index in [9.17, 15) is 19.2 Å². The van der Waals surface area contributed by atoms with Crippen molar-refractivity contribution in [3.05, 3.63) is 179 Å². The molecule has 0 amide bonds. The van der Waals surface area contributed by atoms with E-state index < -0.39 is 35.3 Å². The van der Waals surface area contributed by atoms with Gasteiger partial charge in [-0.05, 0) is 121 Å².